The lowest BCUT2D eigenvalue weighted by Gasteiger charge is -2.09. The highest BCUT2D eigenvalue weighted by atomic mass is 32.1. The minimum absolute atomic E-state index is 0.0807. The molecule has 0 unspecified atom stereocenters. The van der Waals surface area contributed by atoms with E-state index in [2.05, 4.69) is 15.7 Å². The van der Waals surface area contributed by atoms with Gasteiger partial charge in [0, 0.05) is 37.4 Å². The van der Waals surface area contributed by atoms with E-state index in [1.165, 1.54) is 22.1 Å². The first-order valence-corrected chi connectivity index (χ1v) is 12.5. The van der Waals surface area contributed by atoms with Crippen molar-refractivity contribution in [2.45, 2.75) is 26.4 Å². The Morgan fingerprint density at radius 2 is 1.81 bits per heavy atom. The summed E-state index contributed by atoms with van der Waals surface area (Å²) in [4.78, 5) is 30.7. The Labute approximate surface area is 214 Å². The molecule has 0 aliphatic rings. The molecule has 0 saturated carbocycles. The molecule has 2 N–H and O–H groups in total. The van der Waals surface area contributed by atoms with Gasteiger partial charge in [0.2, 0.25) is 0 Å². The molecule has 2 aromatic heterocycles. The van der Waals surface area contributed by atoms with Gasteiger partial charge in [-0.2, -0.15) is 5.10 Å². The number of ether oxygens (including phenoxy) is 1. The van der Waals surface area contributed by atoms with Crippen LogP contribution < -0.4 is 16.2 Å². The number of nitrogens with one attached hydrogen (secondary N) is 2. The normalized spacial score (nSPS) is 11.1. The zero-order valence-electron chi connectivity index (χ0n) is 20.5. The van der Waals surface area contributed by atoms with Crippen LogP contribution in [0.15, 0.2) is 71.5 Å². The number of rotatable bonds is 10. The van der Waals surface area contributed by atoms with Crippen molar-refractivity contribution in [2.24, 2.45) is 0 Å². The van der Waals surface area contributed by atoms with Crippen LogP contribution in [0.4, 0.5) is 5.13 Å². The average molecular weight is 504 g/mol. The molecule has 186 valence electrons. The zero-order valence-corrected chi connectivity index (χ0v) is 21.3. The van der Waals surface area contributed by atoms with Gasteiger partial charge in [-0.05, 0) is 37.6 Å². The first-order chi connectivity index (χ1) is 17.5. The number of amides is 1. The summed E-state index contributed by atoms with van der Waals surface area (Å²) in [6, 6.07) is 20.3. The standard InChI is InChI=1S/C27H29N5O3S/c1-18(2)32-23(33)14-13-22(31-32)25-24(20-7-5-4-6-8-20)29-27(36-25)30-26(34)21-11-9-19(10-12-21)17-28-15-16-35-3/h4-14,18,28H,15-17H2,1-3H3,(H,29,30,34). The van der Waals surface area contributed by atoms with Gasteiger partial charge in [-0.25, -0.2) is 9.67 Å². The molecule has 0 fully saturated rings. The second-order valence-electron chi connectivity index (χ2n) is 8.48. The van der Waals surface area contributed by atoms with Crippen LogP contribution in [0.3, 0.4) is 0 Å². The van der Waals surface area contributed by atoms with Crippen molar-refractivity contribution in [1.29, 1.82) is 0 Å². The molecular weight excluding hydrogens is 474 g/mol. The lowest BCUT2D eigenvalue weighted by molar-refractivity contribution is 0.102. The predicted octanol–water partition coefficient (Wildman–Crippen LogP) is 4.60. The molecule has 8 nitrogen and oxygen atoms in total. The number of thiazole rings is 1. The molecule has 2 aromatic carbocycles. The predicted molar refractivity (Wildman–Crippen MR) is 143 cm³/mol. The molecule has 4 aromatic rings. The van der Waals surface area contributed by atoms with Crippen molar-refractivity contribution in [2.75, 3.05) is 25.6 Å². The van der Waals surface area contributed by atoms with Gasteiger partial charge in [0.1, 0.15) is 5.69 Å². The monoisotopic (exact) mass is 503 g/mol. The number of hydrogen-bond donors (Lipinski definition) is 2. The Morgan fingerprint density at radius 1 is 1.06 bits per heavy atom. The molecule has 0 aliphatic heterocycles. The third-order valence-corrected chi connectivity index (χ3v) is 6.46. The molecule has 0 spiro atoms. The fraction of sp³-hybridized carbons (Fsp3) is 0.259. The number of aromatic nitrogens is 3. The van der Waals surface area contributed by atoms with Crippen LogP contribution in [-0.4, -0.2) is 40.9 Å². The summed E-state index contributed by atoms with van der Waals surface area (Å²) in [6.45, 7) is 5.94. The van der Waals surface area contributed by atoms with E-state index in [0.717, 1.165) is 22.5 Å². The number of methoxy groups -OCH3 is 1. The van der Waals surface area contributed by atoms with E-state index in [0.29, 0.717) is 35.2 Å². The third-order valence-electron chi connectivity index (χ3n) is 5.47. The Balaban J connectivity index is 1.59. The van der Waals surface area contributed by atoms with E-state index < -0.39 is 0 Å². The minimum atomic E-state index is -0.242. The van der Waals surface area contributed by atoms with Crippen molar-refractivity contribution in [3.63, 3.8) is 0 Å². The lowest BCUT2D eigenvalue weighted by atomic mass is 10.1. The second kappa shape index (κ2) is 11.9. The number of nitrogens with zero attached hydrogens (tertiary/aromatic N) is 3. The maximum absolute atomic E-state index is 13.0. The number of anilines is 1. The van der Waals surface area contributed by atoms with Crippen LogP contribution in [0.25, 0.3) is 21.8 Å². The molecule has 0 atom stereocenters. The lowest BCUT2D eigenvalue weighted by Crippen LogP contribution is -2.23. The maximum atomic E-state index is 13.0. The Kier molecular flexibility index (Phi) is 8.37. The summed E-state index contributed by atoms with van der Waals surface area (Å²) >= 11 is 1.33. The highest BCUT2D eigenvalue weighted by molar-refractivity contribution is 7.19. The molecule has 0 radical (unpaired) electrons. The number of benzene rings is 2. The van der Waals surface area contributed by atoms with E-state index in [1.807, 2.05) is 56.3 Å². The Hall–Kier alpha value is -3.66. The average Bonchev–Trinajstić information content (AvgIpc) is 3.31. The maximum Gasteiger partial charge on any atom is 0.267 e. The van der Waals surface area contributed by atoms with Gasteiger partial charge in [0.25, 0.3) is 11.5 Å². The molecule has 0 bridgehead atoms. The van der Waals surface area contributed by atoms with Gasteiger partial charge in [-0.3, -0.25) is 14.9 Å². The van der Waals surface area contributed by atoms with Crippen molar-refractivity contribution >= 4 is 22.4 Å². The van der Waals surface area contributed by atoms with Gasteiger partial charge in [-0.15, -0.1) is 0 Å². The van der Waals surface area contributed by atoms with Crippen molar-refractivity contribution in [1.82, 2.24) is 20.1 Å². The zero-order chi connectivity index (χ0) is 25.5. The molecule has 4 rings (SSSR count). The summed E-state index contributed by atoms with van der Waals surface area (Å²) in [5.41, 5.74) is 3.70. The van der Waals surface area contributed by atoms with Gasteiger partial charge >= 0.3 is 0 Å². The van der Waals surface area contributed by atoms with E-state index >= 15 is 0 Å². The Morgan fingerprint density at radius 3 is 2.50 bits per heavy atom. The smallest absolute Gasteiger partial charge is 0.267 e. The highest BCUT2D eigenvalue weighted by Crippen LogP contribution is 2.38. The fourth-order valence-electron chi connectivity index (χ4n) is 3.61. The minimum Gasteiger partial charge on any atom is -0.383 e. The van der Waals surface area contributed by atoms with Crippen LogP contribution in [0.1, 0.15) is 35.8 Å². The molecule has 0 saturated heterocycles. The SMILES string of the molecule is COCCNCc1ccc(C(=O)Nc2nc(-c3ccccc3)c(-c3ccc(=O)n(C(C)C)n3)s2)cc1. The summed E-state index contributed by atoms with van der Waals surface area (Å²) in [5.74, 6) is -0.242. The summed E-state index contributed by atoms with van der Waals surface area (Å²) in [7, 11) is 1.67. The van der Waals surface area contributed by atoms with Crippen molar-refractivity contribution in [3.8, 4) is 21.8 Å². The van der Waals surface area contributed by atoms with Crippen LogP contribution in [0.2, 0.25) is 0 Å². The summed E-state index contributed by atoms with van der Waals surface area (Å²) in [6.07, 6.45) is 0. The van der Waals surface area contributed by atoms with Crippen LogP contribution in [-0.2, 0) is 11.3 Å². The number of carbonyl (C=O) groups is 1. The van der Waals surface area contributed by atoms with Crippen LogP contribution in [0, 0.1) is 0 Å². The second-order valence-corrected chi connectivity index (χ2v) is 9.48. The van der Waals surface area contributed by atoms with E-state index in [1.54, 1.807) is 25.3 Å². The van der Waals surface area contributed by atoms with Crippen molar-refractivity contribution in [3.05, 3.63) is 88.2 Å². The fourth-order valence-corrected chi connectivity index (χ4v) is 4.55. The highest BCUT2D eigenvalue weighted by Gasteiger charge is 2.19. The topological polar surface area (TPSA) is 98.1 Å². The molecule has 9 heteroatoms. The van der Waals surface area contributed by atoms with E-state index in [9.17, 15) is 9.59 Å². The number of hydrogen-bond acceptors (Lipinski definition) is 7. The van der Waals surface area contributed by atoms with Crippen LogP contribution >= 0.6 is 11.3 Å². The number of carbonyl (C=O) groups excluding carboxylic acids is 1. The van der Waals surface area contributed by atoms with Gasteiger partial charge in [-0.1, -0.05) is 53.8 Å². The van der Waals surface area contributed by atoms with E-state index in [4.69, 9.17) is 9.72 Å². The van der Waals surface area contributed by atoms with Gasteiger partial charge in [0.05, 0.1) is 23.2 Å². The first-order valence-electron chi connectivity index (χ1n) is 11.7. The molecule has 0 aliphatic carbocycles. The summed E-state index contributed by atoms with van der Waals surface area (Å²) < 4.78 is 6.49. The molecule has 1 amide bonds. The molecule has 2 heterocycles. The van der Waals surface area contributed by atoms with Crippen molar-refractivity contribution < 1.29 is 9.53 Å². The van der Waals surface area contributed by atoms with Gasteiger partial charge < -0.3 is 10.1 Å². The van der Waals surface area contributed by atoms with Crippen LogP contribution in [0.5, 0.6) is 0 Å². The molecule has 36 heavy (non-hydrogen) atoms. The quantitative estimate of drug-likeness (QED) is 0.307. The summed E-state index contributed by atoms with van der Waals surface area (Å²) in [5, 5.41) is 11.2. The van der Waals surface area contributed by atoms with Gasteiger partial charge in [0.15, 0.2) is 5.13 Å². The van der Waals surface area contributed by atoms with E-state index in [-0.39, 0.29) is 17.5 Å². The third kappa shape index (κ3) is 6.12. The largest absolute Gasteiger partial charge is 0.383 e. The Bertz CT molecular complexity index is 1360. The molecular formula is C27H29N5O3S. The first kappa shape index (κ1) is 25.4.